The van der Waals surface area contributed by atoms with Crippen molar-refractivity contribution in [1.29, 1.82) is 0 Å². The smallest absolute Gasteiger partial charge is 0.255 e. The molecule has 0 unspecified atom stereocenters. The number of nitrogens with one attached hydrogen (secondary N) is 1. The number of benzene rings is 2. The summed E-state index contributed by atoms with van der Waals surface area (Å²) in [5.41, 5.74) is 3.51. The second-order valence-corrected chi connectivity index (χ2v) is 7.88. The fraction of sp³-hybridized carbons (Fsp3) is 0.167. The Morgan fingerprint density at radius 2 is 1.80 bits per heavy atom. The lowest BCUT2D eigenvalue weighted by atomic mass is 10.2. The third-order valence-electron chi connectivity index (χ3n) is 4.56. The molecule has 6 heteroatoms. The van der Waals surface area contributed by atoms with Crippen molar-refractivity contribution in [2.45, 2.75) is 12.4 Å². The standard InChI is InChI=1S/C24H23N3O2S/c28-24(25-13-15-30-18-19-8-2-1-3-9-19)21-10-4-5-11-22(21)29-17-20-16-27-14-7-6-12-23(27)26-20/h1-12,14,16H,13,15,17-18H2,(H,25,28). The number of para-hydroxylation sites is 1. The van der Waals surface area contributed by atoms with Crippen molar-refractivity contribution in [2.24, 2.45) is 0 Å². The molecule has 5 nitrogen and oxygen atoms in total. The van der Waals surface area contributed by atoms with E-state index in [9.17, 15) is 4.79 Å². The summed E-state index contributed by atoms with van der Waals surface area (Å²) in [4.78, 5) is 17.2. The van der Waals surface area contributed by atoms with Crippen LogP contribution in [0.25, 0.3) is 5.65 Å². The number of fused-ring (bicyclic) bond motifs is 1. The summed E-state index contributed by atoms with van der Waals surface area (Å²) >= 11 is 1.80. The molecule has 0 fully saturated rings. The SMILES string of the molecule is O=C(NCCSCc1ccccc1)c1ccccc1OCc1cn2ccccc2n1. The summed E-state index contributed by atoms with van der Waals surface area (Å²) < 4.78 is 7.87. The highest BCUT2D eigenvalue weighted by atomic mass is 32.2. The summed E-state index contributed by atoms with van der Waals surface area (Å²) in [7, 11) is 0. The molecule has 4 aromatic rings. The number of nitrogens with zero attached hydrogens (tertiary/aromatic N) is 2. The molecular formula is C24H23N3O2S. The van der Waals surface area contributed by atoms with Crippen molar-refractivity contribution in [3.63, 3.8) is 0 Å². The number of ether oxygens (including phenoxy) is 1. The first-order valence-corrected chi connectivity index (χ1v) is 11.0. The number of pyridine rings is 1. The van der Waals surface area contributed by atoms with Gasteiger partial charge in [-0.25, -0.2) is 4.98 Å². The van der Waals surface area contributed by atoms with Gasteiger partial charge in [0.05, 0.1) is 11.3 Å². The van der Waals surface area contributed by atoms with Crippen molar-refractivity contribution in [2.75, 3.05) is 12.3 Å². The minimum absolute atomic E-state index is 0.124. The van der Waals surface area contributed by atoms with Gasteiger partial charge in [-0.2, -0.15) is 11.8 Å². The molecule has 0 bridgehead atoms. The quantitative estimate of drug-likeness (QED) is 0.405. The maximum absolute atomic E-state index is 12.6. The van der Waals surface area contributed by atoms with E-state index in [2.05, 4.69) is 22.4 Å². The topological polar surface area (TPSA) is 55.6 Å². The lowest BCUT2D eigenvalue weighted by Gasteiger charge is -2.11. The van der Waals surface area contributed by atoms with Crippen molar-refractivity contribution in [1.82, 2.24) is 14.7 Å². The Balaban J connectivity index is 1.29. The van der Waals surface area contributed by atoms with E-state index in [0.29, 0.717) is 24.5 Å². The van der Waals surface area contributed by atoms with Crippen LogP contribution in [0, 0.1) is 0 Å². The van der Waals surface area contributed by atoms with Gasteiger partial charge in [0.25, 0.3) is 5.91 Å². The van der Waals surface area contributed by atoms with Crippen LogP contribution in [0.1, 0.15) is 21.6 Å². The van der Waals surface area contributed by atoms with Crippen LogP contribution >= 0.6 is 11.8 Å². The number of rotatable bonds is 9. The van der Waals surface area contributed by atoms with Crippen LogP contribution in [0.4, 0.5) is 0 Å². The molecule has 0 aliphatic rings. The summed E-state index contributed by atoms with van der Waals surface area (Å²) in [6.07, 6.45) is 3.88. The van der Waals surface area contributed by atoms with E-state index < -0.39 is 0 Å². The number of carbonyl (C=O) groups excluding carboxylic acids is 1. The Bertz CT molecular complexity index is 1080. The van der Waals surface area contributed by atoms with Gasteiger partial charge in [0.2, 0.25) is 0 Å². The highest BCUT2D eigenvalue weighted by Gasteiger charge is 2.12. The first-order valence-electron chi connectivity index (χ1n) is 9.84. The number of thioether (sulfide) groups is 1. The highest BCUT2D eigenvalue weighted by Crippen LogP contribution is 2.19. The maximum Gasteiger partial charge on any atom is 0.255 e. The molecule has 2 aromatic heterocycles. The van der Waals surface area contributed by atoms with E-state index in [1.54, 1.807) is 17.8 Å². The molecule has 2 aromatic carbocycles. The average molecular weight is 418 g/mol. The molecule has 0 spiro atoms. The summed E-state index contributed by atoms with van der Waals surface area (Å²) in [5.74, 6) is 2.23. The van der Waals surface area contributed by atoms with Crippen LogP contribution in [-0.4, -0.2) is 27.6 Å². The summed E-state index contributed by atoms with van der Waals surface area (Å²) in [6, 6.07) is 23.5. The molecular weight excluding hydrogens is 394 g/mol. The molecule has 0 aliphatic carbocycles. The predicted octanol–water partition coefficient (Wildman–Crippen LogP) is 4.58. The second-order valence-electron chi connectivity index (χ2n) is 6.78. The Morgan fingerprint density at radius 1 is 1.00 bits per heavy atom. The largest absolute Gasteiger partial charge is 0.486 e. The van der Waals surface area contributed by atoms with Crippen molar-refractivity contribution >= 4 is 23.3 Å². The Kier molecular flexibility index (Phi) is 6.67. The van der Waals surface area contributed by atoms with Gasteiger partial charge >= 0.3 is 0 Å². The number of hydrogen-bond donors (Lipinski definition) is 1. The number of carbonyl (C=O) groups is 1. The molecule has 0 radical (unpaired) electrons. The van der Waals surface area contributed by atoms with E-state index in [1.807, 2.05) is 71.4 Å². The van der Waals surface area contributed by atoms with Gasteiger partial charge in [-0.05, 0) is 29.8 Å². The Morgan fingerprint density at radius 3 is 2.67 bits per heavy atom. The van der Waals surface area contributed by atoms with Gasteiger partial charge in [-0.1, -0.05) is 48.5 Å². The molecule has 152 valence electrons. The predicted molar refractivity (Wildman–Crippen MR) is 121 cm³/mol. The van der Waals surface area contributed by atoms with E-state index >= 15 is 0 Å². The van der Waals surface area contributed by atoms with Crippen LogP contribution < -0.4 is 10.1 Å². The highest BCUT2D eigenvalue weighted by molar-refractivity contribution is 7.98. The molecule has 0 saturated heterocycles. The third-order valence-corrected chi connectivity index (χ3v) is 5.59. The minimum atomic E-state index is -0.124. The van der Waals surface area contributed by atoms with E-state index in [0.717, 1.165) is 22.8 Å². The maximum atomic E-state index is 12.6. The van der Waals surface area contributed by atoms with E-state index in [-0.39, 0.29) is 5.91 Å². The molecule has 0 saturated carbocycles. The van der Waals surface area contributed by atoms with Gasteiger partial charge < -0.3 is 14.5 Å². The van der Waals surface area contributed by atoms with Crippen LogP contribution in [-0.2, 0) is 12.4 Å². The lowest BCUT2D eigenvalue weighted by molar-refractivity contribution is 0.0951. The zero-order valence-electron chi connectivity index (χ0n) is 16.5. The number of amides is 1. The van der Waals surface area contributed by atoms with Crippen LogP contribution in [0.3, 0.4) is 0 Å². The zero-order valence-corrected chi connectivity index (χ0v) is 17.3. The summed E-state index contributed by atoms with van der Waals surface area (Å²) in [6.45, 7) is 0.913. The Labute approximate surface area is 180 Å². The van der Waals surface area contributed by atoms with Crippen LogP contribution in [0.15, 0.2) is 85.2 Å². The van der Waals surface area contributed by atoms with Gasteiger partial charge in [0, 0.05) is 30.4 Å². The number of hydrogen-bond acceptors (Lipinski definition) is 4. The van der Waals surface area contributed by atoms with Crippen LogP contribution in [0.5, 0.6) is 5.75 Å². The van der Waals surface area contributed by atoms with Crippen molar-refractivity contribution < 1.29 is 9.53 Å². The second kappa shape index (κ2) is 9.98. The van der Waals surface area contributed by atoms with Gasteiger partial charge in [-0.15, -0.1) is 0 Å². The zero-order chi connectivity index (χ0) is 20.6. The molecule has 1 amide bonds. The van der Waals surface area contributed by atoms with Gasteiger partial charge in [0.1, 0.15) is 18.0 Å². The number of imidazole rings is 1. The molecule has 4 rings (SSSR count). The minimum Gasteiger partial charge on any atom is -0.486 e. The van der Waals surface area contributed by atoms with E-state index in [1.165, 1.54) is 5.56 Å². The number of aromatic nitrogens is 2. The van der Waals surface area contributed by atoms with Crippen LogP contribution in [0.2, 0.25) is 0 Å². The normalized spacial score (nSPS) is 10.8. The molecule has 0 aliphatic heterocycles. The van der Waals surface area contributed by atoms with Gasteiger partial charge in [0.15, 0.2) is 0 Å². The van der Waals surface area contributed by atoms with Crippen molar-refractivity contribution in [3.05, 3.63) is 102 Å². The molecule has 1 N–H and O–H groups in total. The third kappa shape index (κ3) is 5.21. The molecule has 0 atom stereocenters. The fourth-order valence-electron chi connectivity index (χ4n) is 3.08. The first-order chi connectivity index (χ1) is 14.8. The van der Waals surface area contributed by atoms with E-state index in [4.69, 9.17) is 4.74 Å². The first kappa shape index (κ1) is 20.0. The monoisotopic (exact) mass is 417 g/mol. The summed E-state index contributed by atoms with van der Waals surface area (Å²) in [5, 5.41) is 2.99. The van der Waals surface area contributed by atoms with Gasteiger partial charge in [-0.3, -0.25) is 4.79 Å². The Hall–Kier alpha value is -3.25. The molecule has 30 heavy (non-hydrogen) atoms. The van der Waals surface area contributed by atoms with Crippen molar-refractivity contribution in [3.8, 4) is 5.75 Å². The average Bonchev–Trinajstić information content (AvgIpc) is 3.21. The fourth-order valence-corrected chi connectivity index (χ4v) is 3.90. The molecule has 2 heterocycles. The lowest BCUT2D eigenvalue weighted by Crippen LogP contribution is -2.26.